The summed E-state index contributed by atoms with van der Waals surface area (Å²) in [5, 5.41) is 3.20. The third-order valence-corrected chi connectivity index (χ3v) is 4.14. The molecule has 0 aliphatic heterocycles. The third kappa shape index (κ3) is 3.96. The second-order valence-corrected chi connectivity index (χ2v) is 5.75. The molecule has 21 heavy (non-hydrogen) atoms. The van der Waals surface area contributed by atoms with Gasteiger partial charge in [0.1, 0.15) is 5.82 Å². The van der Waals surface area contributed by atoms with Gasteiger partial charge in [-0.25, -0.2) is 4.39 Å². The summed E-state index contributed by atoms with van der Waals surface area (Å²) in [6.45, 7) is 2.66. The van der Waals surface area contributed by atoms with Crippen LogP contribution in [0.3, 0.4) is 0 Å². The summed E-state index contributed by atoms with van der Waals surface area (Å²) in [4.78, 5) is 0. The van der Waals surface area contributed by atoms with E-state index in [0.29, 0.717) is 18.9 Å². The lowest BCUT2D eigenvalue weighted by molar-refractivity contribution is -0.140. The van der Waals surface area contributed by atoms with Crippen LogP contribution in [0.4, 0.5) is 17.6 Å². The molecule has 0 spiro atoms. The number of hydrogen-bond donors (Lipinski definition) is 1. The maximum Gasteiger partial charge on any atom is 0.419 e. The van der Waals surface area contributed by atoms with E-state index in [2.05, 4.69) is 5.32 Å². The predicted molar refractivity (Wildman–Crippen MR) is 74.4 cm³/mol. The van der Waals surface area contributed by atoms with Gasteiger partial charge in [-0.15, -0.1) is 0 Å². The minimum absolute atomic E-state index is 0.144. The Hall–Kier alpha value is -1.10. The summed E-state index contributed by atoms with van der Waals surface area (Å²) >= 11 is 0. The van der Waals surface area contributed by atoms with Crippen LogP contribution in [0.15, 0.2) is 18.2 Å². The van der Waals surface area contributed by atoms with Crippen LogP contribution in [-0.4, -0.2) is 6.54 Å². The molecule has 118 valence electrons. The number of rotatable bonds is 6. The minimum Gasteiger partial charge on any atom is -0.310 e. The topological polar surface area (TPSA) is 12.0 Å². The van der Waals surface area contributed by atoms with Gasteiger partial charge in [0.2, 0.25) is 0 Å². The summed E-state index contributed by atoms with van der Waals surface area (Å²) < 4.78 is 52.7. The second kappa shape index (κ2) is 6.77. The Balaban J connectivity index is 2.25. The summed E-state index contributed by atoms with van der Waals surface area (Å²) in [7, 11) is 0. The van der Waals surface area contributed by atoms with Crippen molar-refractivity contribution in [2.45, 2.75) is 51.2 Å². The number of halogens is 4. The Kier molecular flexibility index (Phi) is 5.25. The zero-order valence-electron chi connectivity index (χ0n) is 12.1. The maximum atomic E-state index is 14.3. The Morgan fingerprint density at radius 1 is 1.29 bits per heavy atom. The van der Waals surface area contributed by atoms with E-state index in [1.54, 1.807) is 0 Å². The molecule has 1 nitrogen and oxygen atoms in total. The van der Waals surface area contributed by atoms with E-state index >= 15 is 0 Å². The summed E-state index contributed by atoms with van der Waals surface area (Å²) in [6, 6.07) is 3.23. The molecular weight excluding hydrogens is 282 g/mol. The summed E-state index contributed by atoms with van der Waals surface area (Å²) in [6.07, 6.45) is 0.262. The van der Waals surface area contributed by atoms with E-state index in [0.717, 1.165) is 31.7 Å². The van der Waals surface area contributed by atoms with Gasteiger partial charge in [-0.05, 0) is 31.4 Å². The van der Waals surface area contributed by atoms with Crippen molar-refractivity contribution in [2.75, 3.05) is 6.54 Å². The molecule has 1 unspecified atom stereocenters. The SMILES string of the molecule is CCCNC(CC1CCC1)c1cccc(C(F)(F)F)c1F. The quantitative estimate of drug-likeness (QED) is 0.723. The highest BCUT2D eigenvalue weighted by molar-refractivity contribution is 5.30. The number of hydrogen-bond acceptors (Lipinski definition) is 1. The molecule has 1 aromatic rings. The second-order valence-electron chi connectivity index (χ2n) is 5.75. The van der Waals surface area contributed by atoms with E-state index < -0.39 is 17.6 Å². The molecule has 2 rings (SSSR count). The molecule has 1 N–H and O–H groups in total. The fourth-order valence-corrected chi connectivity index (χ4v) is 2.74. The molecule has 5 heteroatoms. The average Bonchev–Trinajstić information content (AvgIpc) is 2.36. The minimum atomic E-state index is -4.65. The smallest absolute Gasteiger partial charge is 0.310 e. The molecule has 0 bridgehead atoms. The van der Waals surface area contributed by atoms with Crippen LogP contribution in [0.25, 0.3) is 0 Å². The van der Waals surface area contributed by atoms with Gasteiger partial charge >= 0.3 is 6.18 Å². The van der Waals surface area contributed by atoms with Gasteiger partial charge in [-0.1, -0.05) is 38.3 Å². The Bertz CT molecular complexity index is 466. The van der Waals surface area contributed by atoms with Crippen LogP contribution >= 0.6 is 0 Å². The van der Waals surface area contributed by atoms with Crippen molar-refractivity contribution in [3.63, 3.8) is 0 Å². The van der Waals surface area contributed by atoms with Crippen molar-refractivity contribution in [3.05, 3.63) is 35.1 Å². The largest absolute Gasteiger partial charge is 0.419 e. The molecule has 1 aromatic carbocycles. The highest BCUT2D eigenvalue weighted by Crippen LogP contribution is 2.38. The Labute approximate surface area is 122 Å². The van der Waals surface area contributed by atoms with Crippen LogP contribution in [0.2, 0.25) is 0 Å². The van der Waals surface area contributed by atoms with Crippen molar-refractivity contribution >= 4 is 0 Å². The van der Waals surface area contributed by atoms with E-state index in [4.69, 9.17) is 0 Å². The molecule has 1 atom stereocenters. The average molecular weight is 303 g/mol. The van der Waals surface area contributed by atoms with Crippen molar-refractivity contribution in [2.24, 2.45) is 5.92 Å². The first-order chi connectivity index (χ1) is 9.93. The van der Waals surface area contributed by atoms with Gasteiger partial charge in [0.05, 0.1) is 5.56 Å². The molecule has 0 heterocycles. The lowest BCUT2D eigenvalue weighted by Crippen LogP contribution is -2.28. The normalized spacial score (nSPS) is 17.6. The van der Waals surface area contributed by atoms with E-state index in [-0.39, 0.29) is 11.6 Å². The number of benzene rings is 1. The van der Waals surface area contributed by atoms with Crippen LogP contribution in [0, 0.1) is 11.7 Å². The van der Waals surface area contributed by atoms with E-state index in [1.165, 1.54) is 12.1 Å². The Morgan fingerprint density at radius 2 is 2.00 bits per heavy atom. The predicted octanol–water partition coefficient (Wildman–Crippen LogP) is 5.08. The van der Waals surface area contributed by atoms with E-state index in [9.17, 15) is 17.6 Å². The third-order valence-electron chi connectivity index (χ3n) is 4.14. The molecule has 1 aliphatic carbocycles. The fraction of sp³-hybridized carbons (Fsp3) is 0.625. The van der Waals surface area contributed by atoms with Gasteiger partial charge in [0, 0.05) is 11.6 Å². The summed E-state index contributed by atoms with van der Waals surface area (Å²) in [5.41, 5.74) is -1.03. The number of alkyl halides is 3. The van der Waals surface area contributed by atoms with Crippen molar-refractivity contribution in [1.82, 2.24) is 5.32 Å². The van der Waals surface area contributed by atoms with Gasteiger partial charge in [0.15, 0.2) is 0 Å². The highest BCUT2D eigenvalue weighted by Gasteiger charge is 2.36. The monoisotopic (exact) mass is 303 g/mol. The molecule has 0 radical (unpaired) electrons. The van der Waals surface area contributed by atoms with Crippen molar-refractivity contribution < 1.29 is 17.6 Å². The van der Waals surface area contributed by atoms with E-state index in [1.807, 2.05) is 6.92 Å². The fourth-order valence-electron chi connectivity index (χ4n) is 2.74. The zero-order valence-corrected chi connectivity index (χ0v) is 12.1. The first-order valence-corrected chi connectivity index (χ1v) is 7.52. The van der Waals surface area contributed by atoms with Crippen LogP contribution in [0.1, 0.15) is 56.2 Å². The highest BCUT2D eigenvalue weighted by atomic mass is 19.4. The standard InChI is InChI=1S/C16H21F4N/c1-2-9-21-14(10-11-5-3-6-11)12-7-4-8-13(15(12)17)16(18,19)20/h4,7-8,11,14,21H,2-3,5-6,9-10H2,1H3. The van der Waals surface area contributed by atoms with Gasteiger partial charge < -0.3 is 5.32 Å². The molecule has 1 aliphatic rings. The van der Waals surface area contributed by atoms with Gasteiger partial charge in [0.25, 0.3) is 0 Å². The van der Waals surface area contributed by atoms with Crippen molar-refractivity contribution in [1.29, 1.82) is 0 Å². The van der Waals surface area contributed by atoms with Gasteiger partial charge in [-0.3, -0.25) is 0 Å². The molecule has 0 saturated heterocycles. The maximum absolute atomic E-state index is 14.3. The molecule has 1 saturated carbocycles. The lowest BCUT2D eigenvalue weighted by Gasteiger charge is -2.31. The molecule has 0 aromatic heterocycles. The van der Waals surface area contributed by atoms with Gasteiger partial charge in [-0.2, -0.15) is 13.2 Å². The number of nitrogens with one attached hydrogen (secondary N) is 1. The molecule has 0 amide bonds. The molecular formula is C16H21F4N. The lowest BCUT2D eigenvalue weighted by atomic mass is 9.79. The van der Waals surface area contributed by atoms with Crippen LogP contribution in [-0.2, 0) is 6.18 Å². The van der Waals surface area contributed by atoms with Crippen molar-refractivity contribution in [3.8, 4) is 0 Å². The first-order valence-electron chi connectivity index (χ1n) is 7.52. The first kappa shape index (κ1) is 16.3. The van der Waals surface area contributed by atoms with Crippen LogP contribution < -0.4 is 5.32 Å². The van der Waals surface area contributed by atoms with Crippen LogP contribution in [0.5, 0.6) is 0 Å². The molecule has 1 fully saturated rings. The zero-order chi connectivity index (χ0) is 15.5. The summed E-state index contributed by atoms with van der Waals surface area (Å²) in [5.74, 6) is -0.633. The Morgan fingerprint density at radius 3 is 2.52 bits per heavy atom.